The minimum Gasteiger partial charge on any atom is -0.481 e. The van der Waals surface area contributed by atoms with Crippen molar-refractivity contribution < 1.29 is 14.7 Å². The molecule has 2 saturated carbocycles. The van der Waals surface area contributed by atoms with Crippen LogP contribution in [-0.2, 0) is 9.59 Å². The average molecular weight is 225 g/mol. The number of carbonyl (C=O) groups is 2. The summed E-state index contributed by atoms with van der Waals surface area (Å²) in [5, 5.41) is 11.8. The van der Waals surface area contributed by atoms with E-state index in [1.807, 2.05) is 0 Å². The molecule has 0 atom stereocenters. The molecule has 0 unspecified atom stereocenters. The summed E-state index contributed by atoms with van der Waals surface area (Å²) in [6.45, 7) is 1.55. The summed E-state index contributed by atoms with van der Waals surface area (Å²) in [6, 6.07) is 0.312. The molecule has 0 radical (unpaired) electrons. The molecule has 0 aromatic rings. The molecule has 0 saturated heterocycles. The first kappa shape index (κ1) is 11.4. The second kappa shape index (κ2) is 4.07. The third-order valence-electron chi connectivity index (χ3n) is 4.16. The van der Waals surface area contributed by atoms with Crippen LogP contribution in [0.2, 0.25) is 0 Å². The van der Waals surface area contributed by atoms with Crippen LogP contribution in [0.3, 0.4) is 0 Å². The highest BCUT2D eigenvalue weighted by Crippen LogP contribution is 2.54. The van der Waals surface area contributed by atoms with Crippen molar-refractivity contribution in [3.8, 4) is 0 Å². The Labute approximate surface area is 95.4 Å². The van der Waals surface area contributed by atoms with Crippen LogP contribution >= 0.6 is 0 Å². The molecule has 2 aliphatic rings. The van der Waals surface area contributed by atoms with Crippen LogP contribution in [0.5, 0.6) is 0 Å². The average Bonchev–Trinajstić information content (AvgIpc) is 2.14. The summed E-state index contributed by atoms with van der Waals surface area (Å²) in [7, 11) is 0. The van der Waals surface area contributed by atoms with Crippen molar-refractivity contribution in [3.05, 3.63) is 0 Å². The zero-order chi connectivity index (χ0) is 11.8. The third kappa shape index (κ3) is 2.20. The lowest BCUT2D eigenvalue weighted by atomic mass is 9.55. The van der Waals surface area contributed by atoms with E-state index < -0.39 is 5.97 Å². The number of rotatable bonds is 2. The second-order valence-electron chi connectivity index (χ2n) is 5.42. The zero-order valence-corrected chi connectivity index (χ0v) is 9.66. The van der Waals surface area contributed by atoms with Crippen molar-refractivity contribution in [1.29, 1.82) is 0 Å². The van der Waals surface area contributed by atoms with E-state index in [2.05, 4.69) is 5.32 Å². The van der Waals surface area contributed by atoms with E-state index in [1.54, 1.807) is 6.92 Å². The number of carbonyl (C=O) groups excluding carboxylic acids is 1. The molecule has 2 rings (SSSR count). The van der Waals surface area contributed by atoms with E-state index in [0.29, 0.717) is 6.04 Å². The lowest BCUT2D eigenvalue weighted by Crippen LogP contribution is -2.47. The third-order valence-corrected chi connectivity index (χ3v) is 4.16. The number of carboxylic acid groups (broad SMARTS) is 1. The molecule has 90 valence electrons. The Kier molecular flexibility index (Phi) is 2.91. The van der Waals surface area contributed by atoms with Crippen molar-refractivity contribution in [3.63, 3.8) is 0 Å². The van der Waals surface area contributed by atoms with Crippen molar-refractivity contribution in [2.45, 2.75) is 51.5 Å². The fourth-order valence-corrected chi connectivity index (χ4v) is 3.23. The Morgan fingerprint density at radius 2 is 1.81 bits per heavy atom. The minimum atomic E-state index is -0.644. The first-order chi connectivity index (χ1) is 7.51. The van der Waals surface area contributed by atoms with Gasteiger partial charge < -0.3 is 10.4 Å². The summed E-state index contributed by atoms with van der Waals surface area (Å²) in [5.74, 6) is -0.718. The monoisotopic (exact) mass is 225 g/mol. The van der Waals surface area contributed by atoms with Crippen molar-refractivity contribution >= 4 is 11.9 Å². The van der Waals surface area contributed by atoms with Crippen molar-refractivity contribution in [2.24, 2.45) is 11.3 Å². The molecule has 0 aliphatic heterocycles. The molecule has 4 heteroatoms. The maximum atomic E-state index is 10.9. The molecule has 0 aromatic carbocycles. The number of aliphatic carboxylic acids is 1. The van der Waals surface area contributed by atoms with Crippen LogP contribution in [0.25, 0.3) is 0 Å². The van der Waals surface area contributed by atoms with Crippen LogP contribution in [0.1, 0.15) is 45.4 Å². The van der Waals surface area contributed by atoms with Gasteiger partial charge in [-0.25, -0.2) is 0 Å². The van der Waals surface area contributed by atoms with Gasteiger partial charge in [-0.15, -0.1) is 0 Å². The maximum absolute atomic E-state index is 10.9. The predicted molar refractivity (Wildman–Crippen MR) is 58.9 cm³/mol. The highest BCUT2D eigenvalue weighted by atomic mass is 16.4. The Hall–Kier alpha value is -1.06. The Balaban J connectivity index is 1.78. The SMILES string of the molecule is CC(=O)NC1CCC2(CC1)CC(C(=O)O)C2. The highest BCUT2D eigenvalue weighted by Gasteiger charge is 2.48. The van der Waals surface area contributed by atoms with Crippen molar-refractivity contribution in [2.75, 3.05) is 0 Å². The highest BCUT2D eigenvalue weighted by molar-refractivity contribution is 5.73. The summed E-state index contributed by atoms with van der Waals surface area (Å²) in [6.07, 6.45) is 5.84. The standard InChI is InChI=1S/C12H19NO3/c1-8(14)13-10-2-4-12(5-3-10)6-9(7-12)11(15)16/h9-10H,2-7H2,1H3,(H,13,14)(H,15,16). The Bertz CT molecular complexity index is 297. The molecule has 0 heterocycles. The Morgan fingerprint density at radius 1 is 1.25 bits per heavy atom. The molecule has 1 amide bonds. The normalized spacial score (nSPS) is 37.8. The van der Waals surface area contributed by atoms with Gasteiger partial charge in [0, 0.05) is 13.0 Å². The number of hydrogen-bond acceptors (Lipinski definition) is 2. The quantitative estimate of drug-likeness (QED) is 0.749. The molecular formula is C12H19NO3. The lowest BCUT2D eigenvalue weighted by Gasteiger charge is -2.50. The molecule has 2 N–H and O–H groups in total. The summed E-state index contributed by atoms with van der Waals surface area (Å²) < 4.78 is 0. The molecule has 0 bridgehead atoms. The fraction of sp³-hybridized carbons (Fsp3) is 0.833. The van der Waals surface area contributed by atoms with Gasteiger partial charge in [0.1, 0.15) is 0 Å². The van der Waals surface area contributed by atoms with Crippen LogP contribution in [0.4, 0.5) is 0 Å². The van der Waals surface area contributed by atoms with Gasteiger partial charge in [-0.1, -0.05) is 0 Å². The number of amides is 1. The van der Waals surface area contributed by atoms with Gasteiger partial charge in [0.05, 0.1) is 5.92 Å². The maximum Gasteiger partial charge on any atom is 0.306 e. The summed E-state index contributed by atoms with van der Waals surface area (Å²) in [4.78, 5) is 21.7. The first-order valence-corrected chi connectivity index (χ1v) is 6.01. The van der Waals surface area contributed by atoms with Crippen molar-refractivity contribution in [1.82, 2.24) is 5.32 Å². The van der Waals surface area contributed by atoms with Gasteiger partial charge in [0.25, 0.3) is 0 Å². The topological polar surface area (TPSA) is 66.4 Å². The molecule has 1 spiro atoms. The second-order valence-corrected chi connectivity index (χ2v) is 5.42. The van der Waals surface area contributed by atoms with E-state index in [1.165, 1.54) is 0 Å². The van der Waals surface area contributed by atoms with Gasteiger partial charge in [-0.2, -0.15) is 0 Å². The van der Waals surface area contributed by atoms with Gasteiger partial charge in [-0.05, 0) is 43.9 Å². The number of hydrogen-bond donors (Lipinski definition) is 2. The molecule has 2 aliphatic carbocycles. The van der Waals surface area contributed by atoms with E-state index in [-0.39, 0.29) is 17.2 Å². The number of nitrogens with one attached hydrogen (secondary N) is 1. The van der Waals surface area contributed by atoms with Crippen LogP contribution in [0.15, 0.2) is 0 Å². The number of carboxylic acids is 1. The van der Waals surface area contributed by atoms with Gasteiger partial charge in [-0.3, -0.25) is 9.59 Å². The fourth-order valence-electron chi connectivity index (χ4n) is 3.23. The van der Waals surface area contributed by atoms with Gasteiger partial charge in [0.2, 0.25) is 5.91 Å². The Morgan fingerprint density at radius 3 is 2.25 bits per heavy atom. The van der Waals surface area contributed by atoms with Gasteiger partial charge >= 0.3 is 5.97 Å². The summed E-state index contributed by atoms with van der Waals surface area (Å²) >= 11 is 0. The zero-order valence-electron chi connectivity index (χ0n) is 9.66. The van der Waals surface area contributed by atoms with E-state index in [4.69, 9.17) is 5.11 Å². The molecule has 16 heavy (non-hydrogen) atoms. The van der Waals surface area contributed by atoms with Crippen LogP contribution < -0.4 is 5.32 Å². The minimum absolute atomic E-state index is 0.0398. The molecule has 2 fully saturated rings. The predicted octanol–water partition coefficient (Wildman–Crippen LogP) is 1.55. The molecule has 4 nitrogen and oxygen atoms in total. The first-order valence-electron chi connectivity index (χ1n) is 6.01. The van der Waals surface area contributed by atoms with E-state index in [0.717, 1.165) is 38.5 Å². The summed E-state index contributed by atoms with van der Waals surface area (Å²) in [5.41, 5.74) is 0.290. The smallest absolute Gasteiger partial charge is 0.306 e. The van der Waals surface area contributed by atoms with Crippen LogP contribution in [0, 0.1) is 11.3 Å². The largest absolute Gasteiger partial charge is 0.481 e. The lowest BCUT2D eigenvalue weighted by molar-refractivity contribution is -0.151. The van der Waals surface area contributed by atoms with E-state index >= 15 is 0 Å². The van der Waals surface area contributed by atoms with Gasteiger partial charge in [0.15, 0.2) is 0 Å². The molecular weight excluding hydrogens is 206 g/mol. The van der Waals surface area contributed by atoms with Crippen LogP contribution in [-0.4, -0.2) is 23.0 Å². The molecule has 0 aromatic heterocycles. The van der Waals surface area contributed by atoms with E-state index in [9.17, 15) is 9.59 Å².